The Bertz CT molecular complexity index is 661. The number of nitrogens with zero attached hydrogens (tertiary/aromatic N) is 2. The topological polar surface area (TPSA) is 70.5 Å². The lowest BCUT2D eigenvalue weighted by Gasteiger charge is -2.13. The predicted octanol–water partition coefficient (Wildman–Crippen LogP) is 2.89. The zero-order chi connectivity index (χ0) is 16.3. The van der Waals surface area contributed by atoms with Crippen molar-refractivity contribution in [2.45, 2.75) is 12.8 Å². The molecule has 0 unspecified atom stereocenters. The average molecular weight is 452 g/mol. The van der Waals surface area contributed by atoms with Crippen molar-refractivity contribution in [3.63, 3.8) is 0 Å². The van der Waals surface area contributed by atoms with Crippen LogP contribution in [0.1, 0.15) is 18.4 Å². The molecule has 2 rings (SSSR count). The molecule has 1 aromatic rings. The minimum atomic E-state index is -0.923. The second kappa shape index (κ2) is 7.47. The monoisotopic (exact) mass is 452 g/mol. The van der Waals surface area contributed by atoms with Crippen LogP contribution in [0, 0.1) is 9.52 Å². The van der Waals surface area contributed by atoms with Gasteiger partial charge in [-0.05, 0) is 41.2 Å². The van der Waals surface area contributed by atoms with Crippen molar-refractivity contribution in [1.29, 1.82) is 0 Å². The van der Waals surface area contributed by atoms with Crippen LogP contribution in [0.4, 0.5) is 4.39 Å². The van der Waals surface area contributed by atoms with Gasteiger partial charge in [-0.3, -0.25) is 14.5 Å². The second-order valence-corrected chi connectivity index (χ2v) is 7.17. The molecule has 1 N–H and O–H groups in total. The van der Waals surface area contributed by atoms with Gasteiger partial charge in [0, 0.05) is 28.3 Å². The summed E-state index contributed by atoms with van der Waals surface area (Å²) in [5.41, 5.74) is 0.245. The summed E-state index contributed by atoms with van der Waals surface area (Å²) in [4.78, 5) is 28.0. The molecule has 1 aliphatic rings. The number of pyridine rings is 1. The number of carboxylic acid groups (broad SMARTS) is 1. The molecule has 2 heterocycles. The number of aromatic nitrogens is 1. The summed E-state index contributed by atoms with van der Waals surface area (Å²) in [5, 5.41) is 8.62. The minimum Gasteiger partial charge on any atom is -0.481 e. The van der Waals surface area contributed by atoms with Crippen LogP contribution >= 0.6 is 46.6 Å². The van der Waals surface area contributed by atoms with Crippen LogP contribution in [0.25, 0.3) is 6.08 Å². The van der Waals surface area contributed by atoms with E-state index in [1.165, 1.54) is 17.2 Å². The number of halogens is 2. The molecule has 116 valence electrons. The lowest BCUT2D eigenvalue weighted by atomic mass is 10.2. The van der Waals surface area contributed by atoms with E-state index >= 15 is 0 Å². The van der Waals surface area contributed by atoms with E-state index in [0.717, 1.165) is 11.8 Å². The third-order valence-corrected chi connectivity index (χ3v) is 5.13. The maximum absolute atomic E-state index is 13.7. The number of carbonyl (C=O) groups excluding carboxylic acids is 1. The number of thioether (sulfide) groups is 1. The van der Waals surface area contributed by atoms with Crippen LogP contribution in [0.2, 0.25) is 0 Å². The number of amides is 1. The highest BCUT2D eigenvalue weighted by Crippen LogP contribution is 2.33. The minimum absolute atomic E-state index is 0.0365. The molecule has 1 aliphatic heterocycles. The van der Waals surface area contributed by atoms with E-state index in [1.54, 1.807) is 6.07 Å². The Kier molecular flexibility index (Phi) is 5.87. The fourth-order valence-corrected chi connectivity index (χ4v) is 3.60. The summed E-state index contributed by atoms with van der Waals surface area (Å²) in [6.07, 6.45) is 3.06. The fourth-order valence-electron chi connectivity index (χ4n) is 1.77. The highest BCUT2D eigenvalue weighted by Gasteiger charge is 2.32. The first-order valence-electron chi connectivity index (χ1n) is 6.17. The largest absolute Gasteiger partial charge is 0.481 e. The summed E-state index contributed by atoms with van der Waals surface area (Å²) < 4.78 is 14.7. The van der Waals surface area contributed by atoms with E-state index in [-0.39, 0.29) is 24.4 Å². The highest BCUT2D eigenvalue weighted by molar-refractivity contribution is 14.1. The number of hydrogen-bond donors (Lipinski definition) is 1. The lowest BCUT2D eigenvalue weighted by molar-refractivity contribution is -0.137. The molecule has 1 fully saturated rings. The number of thiocarbonyl (C=S) groups is 1. The van der Waals surface area contributed by atoms with Gasteiger partial charge in [0.1, 0.15) is 4.32 Å². The molecule has 0 bridgehead atoms. The predicted molar refractivity (Wildman–Crippen MR) is 93.7 cm³/mol. The summed E-state index contributed by atoms with van der Waals surface area (Å²) in [6, 6.07) is 1.64. The smallest absolute Gasteiger partial charge is 0.303 e. The average Bonchev–Trinajstić information content (AvgIpc) is 2.70. The van der Waals surface area contributed by atoms with Gasteiger partial charge in [-0.2, -0.15) is 4.39 Å². The number of carbonyl (C=O) groups is 2. The molecule has 1 amide bonds. The Hall–Kier alpha value is -1.07. The molecular weight excluding hydrogens is 442 g/mol. The van der Waals surface area contributed by atoms with Gasteiger partial charge < -0.3 is 5.11 Å². The van der Waals surface area contributed by atoms with E-state index < -0.39 is 11.9 Å². The van der Waals surface area contributed by atoms with Crippen molar-refractivity contribution >= 4 is 68.8 Å². The van der Waals surface area contributed by atoms with Crippen molar-refractivity contribution in [3.8, 4) is 0 Å². The van der Waals surface area contributed by atoms with Gasteiger partial charge in [0.15, 0.2) is 0 Å². The Balaban J connectivity index is 2.17. The number of aliphatic carboxylic acids is 1. The molecule has 0 aromatic carbocycles. The van der Waals surface area contributed by atoms with Crippen LogP contribution in [-0.2, 0) is 9.59 Å². The summed E-state index contributed by atoms with van der Waals surface area (Å²) in [7, 11) is 0. The van der Waals surface area contributed by atoms with Crippen LogP contribution in [0.5, 0.6) is 0 Å². The standard InChI is InChI=1S/C13H10FIN2O3S2/c14-11-7(8(15)3-4-16-11)6-9-12(20)17(13(21)22-9)5-1-2-10(18)19/h3-4,6H,1-2,5H2,(H,18,19)/b9-6-. The van der Waals surface area contributed by atoms with Gasteiger partial charge in [-0.15, -0.1) is 0 Å². The molecule has 1 saturated heterocycles. The van der Waals surface area contributed by atoms with Crippen LogP contribution in [-0.4, -0.2) is 37.7 Å². The van der Waals surface area contributed by atoms with Gasteiger partial charge in [0.05, 0.1) is 4.91 Å². The van der Waals surface area contributed by atoms with E-state index in [1.807, 2.05) is 22.6 Å². The number of carboxylic acids is 1. The molecule has 0 spiro atoms. The number of rotatable bonds is 5. The molecule has 1 aromatic heterocycles. The van der Waals surface area contributed by atoms with Gasteiger partial charge >= 0.3 is 5.97 Å². The molecule has 0 radical (unpaired) electrons. The third-order valence-electron chi connectivity index (χ3n) is 2.81. The fraction of sp³-hybridized carbons (Fsp3) is 0.231. The normalized spacial score (nSPS) is 16.6. The van der Waals surface area contributed by atoms with Crippen molar-refractivity contribution in [2.24, 2.45) is 0 Å². The summed E-state index contributed by atoms with van der Waals surface area (Å²) in [6.45, 7) is 0.237. The highest BCUT2D eigenvalue weighted by atomic mass is 127. The van der Waals surface area contributed by atoms with Gasteiger partial charge in [0.25, 0.3) is 5.91 Å². The quantitative estimate of drug-likeness (QED) is 0.321. The molecule has 0 aliphatic carbocycles. The summed E-state index contributed by atoms with van der Waals surface area (Å²) >= 11 is 8.16. The van der Waals surface area contributed by atoms with E-state index in [0.29, 0.717) is 19.2 Å². The van der Waals surface area contributed by atoms with Gasteiger partial charge in [-0.1, -0.05) is 24.0 Å². The molecule has 0 saturated carbocycles. The molecule has 5 nitrogen and oxygen atoms in total. The van der Waals surface area contributed by atoms with Gasteiger partial charge in [0.2, 0.25) is 5.95 Å². The third kappa shape index (κ3) is 4.02. The first-order valence-corrected chi connectivity index (χ1v) is 8.47. The maximum atomic E-state index is 13.7. The van der Waals surface area contributed by atoms with Crippen molar-refractivity contribution in [3.05, 3.63) is 32.2 Å². The van der Waals surface area contributed by atoms with Crippen molar-refractivity contribution in [2.75, 3.05) is 6.54 Å². The number of hydrogen-bond acceptors (Lipinski definition) is 5. The van der Waals surface area contributed by atoms with Crippen molar-refractivity contribution < 1.29 is 19.1 Å². The first kappa shape index (κ1) is 17.3. The Morgan fingerprint density at radius 1 is 1.59 bits per heavy atom. The van der Waals surface area contributed by atoms with E-state index in [2.05, 4.69) is 4.98 Å². The SMILES string of the molecule is O=C(O)CCCN1C(=O)/C(=C/c2c(I)ccnc2F)SC1=S. The molecule has 9 heteroatoms. The summed E-state index contributed by atoms with van der Waals surface area (Å²) in [5.74, 6) is -1.91. The van der Waals surface area contributed by atoms with Crippen molar-refractivity contribution in [1.82, 2.24) is 9.88 Å². The van der Waals surface area contributed by atoms with Gasteiger partial charge in [-0.25, -0.2) is 4.98 Å². The first-order chi connectivity index (χ1) is 10.4. The van der Waals surface area contributed by atoms with Crippen LogP contribution in [0.3, 0.4) is 0 Å². The molecular formula is C13H10FIN2O3S2. The molecule has 22 heavy (non-hydrogen) atoms. The van der Waals surface area contributed by atoms with Crippen LogP contribution in [0.15, 0.2) is 17.2 Å². The zero-order valence-corrected chi connectivity index (χ0v) is 14.9. The lowest BCUT2D eigenvalue weighted by Crippen LogP contribution is -2.29. The van der Waals surface area contributed by atoms with E-state index in [4.69, 9.17) is 17.3 Å². The van der Waals surface area contributed by atoms with Crippen LogP contribution < -0.4 is 0 Å². The Labute approximate surface area is 149 Å². The zero-order valence-electron chi connectivity index (χ0n) is 11.1. The maximum Gasteiger partial charge on any atom is 0.303 e. The second-order valence-electron chi connectivity index (χ2n) is 4.33. The van der Waals surface area contributed by atoms with E-state index in [9.17, 15) is 14.0 Å². The molecule has 0 atom stereocenters. The Morgan fingerprint density at radius 3 is 2.95 bits per heavy atom. The Morgan fingerprint density at radius 2 is 2.32 bits per heavy atom.